The molecular formula is C13H14ClN5. The Morgan fingerprint density at radius 3 is 2.89 bits per heavy atom. The van der Waals surface area contributed by atoms with Crippen LogP contribution in [0.4, 0.5) is 5.95 Å². The average molecular weight is 276 g/mol. The molecule has 0 aliphatic rings. The summed E-state index contributed by atoms with van der Waals surface area (Å²) in [4.78, 5) is 4.32. The summed E-state index contributed by atoms with van der Waals surface area (Å²) in [6.07, 6.45) is 4.64. The standard InChI is InChI=1S/C13H14ClN5/c14-10-4-1-5-11-12(10)19(13(15)17-11)9-3-8-18-7-2-6-16-18/h1-2,4-7H,3,8-9H2,(H2,15,17). The molecule has 2 heterocycles. The number of nitrogens with zero attached hydrogens (tertiary/aromatic N) is 4. The molecule has 0 aliphatic carbocycles. The Balaban J connectivity index is 1.82. The van der Waals surface area contributed by atoms with Gasteiger partial charge in [-0.15, -0.1) is 0 Å². The first-order chi connectivity index (χ1) is 9.25. The molecule has 0 amide bonds. The molecule has 3 rings (SSSR count). The van der Waals surface area contributed by atoms with Crippen molar-refractivity contribution in [3.8, 4) is 0 Å². The van der Waals surface area contributed by atoms with Crippen LogP contribution in [0.5, 0.6) is 0 Å². The lowest BCUT2D eigenvalue weighted by Crippen LogP contribution is -2.07. The first kappa shape index (κ1) is 12.0. The van der Waals surface area contributed by atoms with Crippen LogP contribution in [-0.4, -0.2) is 19.3 Å². The van der Waals surface area contributed by atoms with Crippen molar-refractivity contribution in [2.45, 2.75) is 19.5 Å². The Morgan fingerprint density at radius 2 is 2.11 bits per heavy atom. The molecular weight excluding hydrogens is 262 g/mol. The van der Waals surface area contributed by atoms with E-state index in [1.54, 1.807) is 6.20 Å². The summed E-state index contributed by atoms with van der Waals surface area (Å²) in [7, 11) is 0. The third-order valence-corrected chi connectivity index (χ3v) is 3.38. The number of fused-ring (bicyclic) bond motifs is 1. The Kier molecular flexibility index (Phi) is 3.13. The van der Waals surface area contributed by atoms with E-state index < -0.39 is 0 Å². The number of para-hydroxylation sites is 1. The molecule has 0 radical (unpaired) electrons. The molecule has 0 fully saturated rings. The Hall–Kier alpha value is -2.01. The fourth-order valence-corrected chi connectivity index (χ4v) is 2.48. The molecule has 19 heavy (non-hydrogen) atoms. The molecule has 2 aromatic heterocycles. The summed E-state index contributed by atoms with van der Waals surface area (Å²) in [5, 5.41) is 4.85. The number of hydrogen-bond donors (Lipinski definition) is 1. The number of imidazole rings is 1. The van der Waals surface area contributed by atoms with Crippen LogP contribution in [0, 0.1) is 0 Å². The van der Waals surface area contributed by atoms with Gasteiger partial charge in [-0.3, -0.25) is 4.68 Å². The fourth-order valence-electron chi connectivity index (χ4n) is 2.21. The third kappa shape index (κ3) is 2.29. The third-order valence-electron chi connectivity index (χ3n) is 3.08. The minimum Gasteiger partial charge on any atom is -0.369 e. The molecule has 3 aromatic rings. The molecule has 0 saturated heterocycles. The van der Waals surface area contributed by atoms with E-state index in [0.29, 0.717) is 11.0 Å². The van der Waals surface area contributed by atoms with Crippen molar-refractivity contribution < 1.29 is 0 Å². The van der Waals surface area contributed by atoms with Gasteiger partial charge in [-0.05, 0) is 24.6 Å². The van der Waals surface area contributed by atoms with Crippen molar-refractivity contribution >= 4 is 28.6 Å². The molecule has 0 atom stereocenters. The zero-order valence-electron chi connectivity index (χ0n) is 10.3. The van der Waals surface area contributed by atoms with Crippen LogP contribution in [0.15, 0.2) is 36.7 Å². The van der Waals surface area contributed by atoms with Crippen LogP contribution >= 0.6 is 11.6 Å². The lowest BCUT2D eigenvalue weighted by atomic mass is 10.3. The van der Waals surface area contributed by atoms with Crippen LogP contribution in [0.2, 0.25) is 5.02 Å². The Bertz CT molecular complexity index is 686. The first-order valence-electron chi connectivity index (χ1n) is 6.13. The second kappa shape index (κ2) is 4.93. The van der Waals surface area contributed by atoms with Gasteiger partial charge < -0.3 is 10.3 Å². The topological polar surface area (TPSA) is 61.7 Å². The molecule has 0 aliphatic heterocycles. The molecule has 0 spiro atoms. The number of aryl methyl sites for hydroxylation is 2. The molecule has 6 heteroatoms. The van der Waals surface area contributed by atoms with Gasteiger partial charge in [0.15, 0.2) is 0 Å². The first-order valence-corrected chi connectivity index (χ1v) is 6.51. The van der Waals surface area contributed by atoms with Gasteiger partial charge in [-0.2, -0.15) is 5.10 Å². The molecule has 2 N–H and O–H groups in total. The van der Waals surface area contributed by atoms with Crippen LogP contribution in [0.1, 0.15) is 6.42 Å². The van der Waals surface area contributed by atoms with E-state index in [-0.39, 0.29) is 0 Å². The Morgan fingerprint density at radius 1 is 1.21 bits per heavy atom. The van der Waals surface area contributed by atoms with Gasteiger partial charge in [0.2, 0.25) is 5.95 Å². The van der Waals surface area contributed by atoms with Crippen molar-refractivity contribution in [2.75, 3.05) is 5.73 Å². The molecule has 5 nitrogen and oxygen atoms in total. The van der Waals surface area contributed by atoms with E-state index in [1.165, 1.54) is 0 Å². The van der Waals surface area contributed by atoms with Crippen molar-refractivity contribution in [1.82, 2.24) is 19.3 Å². The number of aromatic nitrogens is 4. The normalized spacial score (nSPS) is 11.2. The van der Waals surface area contributed by atoms with E-state index in [0.717, 1.165) is 30.5 Å². The predicted molar refractivity (Wildman–Crippen MR) is 76.0 cm³/mol. The minimum atomic E-state index is 0.503. The maximum absolute atomic E-state index is 6.22. The zero-order chi connectivity index (χ0) is 13.2. The van der Waals surface area contributed by atoms with Gasteiger partial charge >= 0.3 is 0 Å². The number of halogens is 1. The summed E-state index contributed by atoms with van der Waals surface area (Å²) in [5.74, 6) is 0.503. The number of benzene rings is 1. The van der Waals surface area contributed by atoms with Gasteiger partial charge in [0, 0.05) is 25.5 Å². The van der Waals surface area contributed by atoms with Crippen molar-refractivity contribution in [3.63, 3.8) is 0 Å². The van der Waals surface area contributed by atoms with Crippen molar-refractivity contribution in [3.05, 3.63) is 41.7 Å². The summed E-state index contributed by atoms with van der Waals surface area (Å²) in [6.45, 7) is 1.61. The predicted octanol–water partition coefficient (Wildman–Crippen LogP) is 2.56. The second-order valence-electron chi connectivity index (χ2n) is 4.35. The van der Waals surface area contributed by atoms with Crippen molar-refractivity contribution in [2.24, 2.45) is 0 Å². The molecule has 98 valence electrons. The molecule has 0 saturated carbocycles. The zero-order valence-corrected chi connectivity index (χ0v) is 11.1. The van der Waals surface area contributed by atoms with Gasteiger partial charge in [-0.25, -0.2) is 4.98 Å². The van der Waals surface area contributed by atoms with Gasteiger partial charge in [0.25, 0.3) is 0 Å². The van der Waals surface area contributed by atoms with Gasteiger partial charge in [-0.1, -0.05) is 17.7 Å². The van der Waals surface area contributed by atoms with Gasteiger partial charge in [0.05, 0.1) is 16.1 Å². The lowest BCUT2D eigenvalue weighted by molar-refractivity contribution is 0.535. The number of hydrogen-bond acceptors (Lipinski definition) is 3. The number of nitrogen functional groups attached to an aromatic ring is 1. The highest BCUT2D eigenvalue weighted by atomic mass is 35.5. The van der Waals surface area contributed by atoms with Crippen LogP contribution in [0.25, 0.3) is 11.0 Å². The molecule has 0 unspecified atom stereocenters. The van der Waals surface area contributed by atoms with E-state index in [9.17, 15) is 0 Å². The average Bonchev–Trinajstić information content (AvgIpc) is 2.99. The quantitative estimate of drug-likeness (QED) is 0.796. The molecule has 1 aromatic carbocycles. The van der Waals surface area contributed by atoms with Gasteiger partial charge in [0.1, 0.15) is 0 Å². The number of nitrogens with two attached hydrogens (primary N) is 1. The SMILES string of the molecule is Nc1nc2cccc(Cl)c2n1CCCn1cccn1. The summed E-state index contributed by atoms with van der Waals surface area (Å²) >= 11 is 6.22. The van der Waals surface area contributed by atoms with Crippen LogP contribution < -0.4 is 5.73 Å². The summed E-state index contributed by atoms with van der Waals surface area (Å²) in [6, 6.07) is 7.57. The highest BCUT2D eigenvalue weighted by Crippen LogP contribution is 2.25. The number of anilines is 1. The smallest absolute Gasteiger partial charge is 0.201 e. The Labute approximate surface area is 115 Å². The van der Waals surface area contributed by atoms with E-state index in [4.69, 9.17) is 17.3 Å². The minimum absolute atomic E-state index is 0.503. The largest absolute Gasteiger partial charge is 0.369 e. The maximum atomic E-state index is 6.22. The fraction of sp³-hybridized carbons (Fsp3) is 0.231. The monoisotopic (exact) mass is 275 g/mol. The van der Waals surface area contributed by atoms with E-state index in [2.05, 4.69) is 10.1 Å². The highest BCUT2D eigenvalue weighted by Gasteiger charge is 2.10. The number of rotatable bonds is 4. The lowest BCUT2D eigenvalue weighted by Gasteiger charge is -2.07. The van der Waals surface area contributed by atoms with E-state index in [1.807, 2.05) is 39.7 Å². The van der Waals surface area contributed by atoms with Crippen LogP contribution in [-0.2, 0) is 13.1 Å². The van der Waals surface area contributed by atoms with E-state index >= 15 is 0 Å². The molecule has 0 bridgehead atoms. The second-order valence-corrected chi connectivity index (χ2v) is 4.76. The van der Waals surface area contributed by atoms with Crippen LogP contribution in [0.3, 0.4) is 0 Å². The highest BCUT2D eigenvalue weighted by molar-refractivity contribution is 6.35. The summed E-state index contributed by atoms with van der Waals surface area (Å²) in [5.41, 5.74) is 7.69. The van der Waals surface area contributed by atoms with Crippen molar-refractivity contribution in [1.29, 1.82) is 0 Å². The summed E-state index contributed by atoms with van der Waals surface area (Å²) < 4.78 is 3.86. The maximum Gasteiger partial charge on any atom is 0.201 e.